The molecule has 1 unspecified atom stereocenters. The molecule has 1 saturated heterocycles. The number of carbonyl (C=O) groups is 2. The third-order valence-electron chi connectivity index (χ3n) is 5.16. The third-order valence-corrected chi connectivity index (χ3v) is 5.16. The average molecular weight is 402 g/mol. The van der Waals surface area contributed by atoms with Crippen molar-refractivity contribution in [2.75, 3.05) is 27.2 Å². The number of hydrogen-bond donors (Lipinski definition) is 2. The molecule has 2 aliphatic rings. The Morgan fingerprint density at radius 1 is 1.29 bits per heavy atom. The normalized spacial score (nSPS) is 21.0. The van der Waals surface area contributed by atoms with Gasteiger partial charge in [0, 0.05) is 32.5 Å². The number of carbonyl (C=O) groups excluding carboxylic acids is 1. The van der Waals surface area contributed by atoms with Gasteiger partial charge in [-0.1, -0.05) is 18.2 Å². The van der Waals surface area contributed by atoms with Crippen LogP contribution in [-0.4, -0.2) is 60.8 Å². The number of fused-ring (bicyclic) bond motifs is 1. The Kier molecular flexibility index (Phi) is 6.92. The summed E-state index contributed by atoms with van der Waals surface area (Å²) >= 11 is 0. The summed E-state index contributed by atoms with van der Waals surface area (Å²) in [6, 6.07) is 8.20. The van der Waals surface area contributed by atoms with Crippen LogP contribution in [0.1, 0.15) is 37.2 Å². The number of aliphatic carboxylic acids is 1. The van der Waals surface area contributed by atoms with Crippen molar-refractivity contribution in [1.29, 1.82) is 0 Å². The largest absolute Gasteiger partial charge is 0.490 e. The molecule has 2 heterocycles. The summed E-state index contributed by atoms with van der Waals surface area (Å²) < 4.78 is 38.1. The lowest BCUT2D eigenvalue weighted by molar-refractivity contribution is -0.192. The molecule has 1 aromatic carbocycles. The predicted octanol–water partition coefficient (Wildman–Crippen LogP) is 2.79. The lowest BCUT2D eigenvalue weighted by Gasteiger charge is -2.46. The molecule has 3 rings (SSSR count). The van der Waals surface area contributed by atoms with E-state index in [1.165, 1.54) is 5.56 Å². The number of carboxylic acids is 1. The first-order valence-electron chi connectivity index (χ1n) is 9.03. The molecule has 0 saturated carbocycles. The first-order chi connectivity index (χ1) is 13.1. The number of halogens is 3. The Bertz CT molecular complexity index is 701. The molecule has 156 valence electrons. The molecule has 1 fully saturated rings. The van der Waals surface area contributed by atoms with Crippen molar-refractivity contribution in [2.45, 2.75) is 43.4 Å². The molecule has 0 aliphatic carbocycles. The second-order valence-corrected chi connectivity index (χ2v) is 7.21. The zero-order chi connectivity index (χ0) is 20.9. The van der Waals surface area contributed by atoms with Crippen LogP contribution in [0.25, 0.3) is 0 Å². The van der Waals surface area contributed by atoms with Crippen LogP contribution >= 0.6 is 0 Å². The minimum Gasteiger partial charge on any atom is -0.487 e. The Morgan fingerprint density at radius 2 is 1.86 bits per heavy atom. The maximum Gasteiger partial charge on any atom is 0.490 e. The molecule has 0 radical (unpaired) electrons. The molecular formula is C19H25F3N2O4. The minimum atomic E-state index is -5.08. The van der Waals surface area contributed by atoms with Crippen molar-refractivity contribution in [3.63, 3.8) is 0 Å². The van der Waals surface area contributed by atoms with Crippen LogP contribution in [0.2, 0.25) is 0 Å². The Morgan fingerprint density at radius 3 is 2.39 bits per heavy atom. The zero-order valence-corrected chi connectivity index (χ0v) is 15.9. The summed E-state index contributed by atoms with van der Waals surface area (Å²) in [5.74, 6) is -1.41. The van der Waals surface area contributed by atoms with Gasteiger partial charge in [-0.3, -0.25) is 4.79 Å². The first-order valence-corrected chi connectivity index (χ1v) is 9.03. The molecule has 1 aromatic rings. The Balaban J connectivity index is 0.000000345. The Labute approximate surface area is 161 Å². The van der Waals surface area contributed by atoms with E-state index in [-0.39, 0.29) is 17.4 Å². The molecular weight excluding hydrogens is 377 g/mol. The molecule has 2 aliphatic heterocycles. The highest BCUT2D eigenvalue weighted by molar-refractivity contribution is 5.76. The quantitative estimate of drug-likeness (QED) is 0.795. The number of likely N-dealkylation sites (tertiary alicyclic amines) is 1. The summed E-state index contributed by atoms with van der Waals surface area (Å²) in [5, 5.41) is 9.88. The van der Waals surface area contributed by atoms with E-state index in [4.69, 9.17) is 14.6 Å². The van der Waals surface area contributed by atoms with Crippen molar-refractivity contribution in [3.05, 3.63) is 29.8 Å². The summed E-state index contributed by atoms with van der Waals surface area (Å²) in [6.45, 7) is 2.13. The first kappa shape index (κ1) is 22.0. The molecule has 1 atom stereocenters. The lowest BCUT2D eigenvalue weighted by Crippen LogP contribution is -2.49. The van der Waals surface area contributed by atoms with E-state index in [1.54, 1.807) is 7.05 Å². The number of amides is 1. The van der Waals surface area contributed by atoms with Gasteiger partial charge in [0.05, 0.1) is 0 Å². The van der Waals surface area contributed by atoms with E-state index in [9.17, 15) is 18.0 Å². The highest BCUT2D eigenvalue weighted by atomic mass is 19.4. The summed E-state index contributed by atoms with van der Waals surface area (Å²) in [4.78, 5) is 23.1. The molecule has 6 nitrogen and oxygen atoms in total. The van der Waals surface area contributed by atoms with Gasteiger partial charge in [-0.15, -0.1) is 0 Å². The number of rotatable bonds is 2. The van der Waals surface area contributed by atoms with Gasteiger partial charge in [0.25, 0.3) is 0 Å². The van der Waals surface area contributed by atoms with Gasteiger partial charge in [0.15, 0.2) is 0 Å². The number of nitrogens with one attached hydrogen (secondary N) is 1. The maximum atomic E-state index is 11.9. The predicted molar refractivity (Wildman–Crippen MR) is 96.3 cm³/mol. The van der Waals surface area contributed by atoms with Crippen molar-refractivity contribution in [3.8, 4) is 5.75 Å². The average Bonchev–Trinajstić information content (AvgIpc) is 2.64. The van der Waals surface area contributed by atoms with Gasteiger partial charge >= 0.3 is 12.1 Å². The topological polar surface area (TPSA) is 78.9 Å². The number of para-hydroxylation sites is 1. The summed E-state index contributed by atoms with van der Waals surface area (Å²) in [6.07, 6.45) is -1.50. The van der Waals surface area contributed by atoms with Crippen LogP contribution in [0.4, 0.5) is 13.2 Å². The van der Waals surface area contributed by atoms with Crippen molar-refractivity contribution in [2.24, 2.45) is 0 Å². The van der Waals surface area contributed by atoms with Gasteiger partial charge in [-0.2, -0.15) is 13.2 Å². The van der Waals surface area contributed by atoms with Crippen LogP contribution in [0.3, 0.4) is 0 Å². The highest BCUT2D eigenvalue weighted by Gasteiger charge is 2.43. The van der Waals surface area contributed by atoms with E-state index < -0.39 is 12.1 Å². The second-order valence-electron chi connectivity index (χ2n) is 7.21. The van der Waals surface area contributed by atoms with Crippen molar-refractivity contribution < 1.29 is 32.6 Å². The molecule has 28 heavy (non-hydrogen) atoms. The van der Waals surface area contributed by atoms with Crippen LogP contribution in [0.5, 0.6) is 5.75 Å². The lowest BCUT2D eigenvalue weighted by atomic mass is 9.76. The van der Waals surface area contributed by atoms with Crippen LogP contribution in [0, 0.1) is 0 Å². The van der Waals surface area contributed by atoms with Crippen molar-refractivity contribution >= 4 is 11.9 Å². The monoisotopic (exact) mass is 402 g/mol. The molecule has 0 aromatic heterocycles. The molecule has 2 N–H and O–H groups in total. The van der Waals surface area contributed by atoms with Gasteiger partial charge in [-0.25, -0.2) is 4.79 Å². The SMILES string of the molecule is CNC(=O)CC1CC2(CCN(C)CC2)Oc2ccccc21.O=C(O)C(F)(F)F. The fourth-order valence-corrected chi connectivity index (χ4v) is 3.58. The standard InChI is InChI=1S/C17H24N2O2.C2HF3O2/c1-18-16(20)11-13-12-17(7-9-19(2)10-8-17)21-15-6-4-3-5-14(13)15;3-2(4,5)1(6)7/h3-6,13H,7-12H2,1-2H3,(H,18,20);(H,6,7). The maximum absolute atomic E-state index is 11.9. The van der Waals surface area contributed by atoms with Crippen LogP contribution < -0.4 is 10.1 Å². The number of piperidine rings is 1. The fourth-order valence-electron chi connectivity index (χ4n) is 3.58. The van der Waals surface area contributed by atoms with Gasteiger partial charge in [0.2, 0.25) is 5.91 Å². The number of benzene rings is 1. The minimum absolute atomic E-state index is 0.0838. The van der Waals surface area contributed by atoms with Crippen LogP contribution in [0.15, 0.2) is 24.3 Å². The van der Waals surface area contributed by atoms with Crippen molar-refractivity contribution in [1.82, 2.24) is 10.2 Å². The Hall–Kier alpha value is -2.29. The van der Waals surface area contributed by atoms with E-state index in [2.05, 4.69) is 23.3 Å². The van der Waals surface area contributed by atoms with Gasteiger partial charge in [0.1, 0.15) is 11.4 Å². The third kappa shape index (κ3) is 5.60. The van der Waals surface area contributed by atoms with E-state index in [0.29, 0.717) is 6.42 Å². The zero-order valence-electron chi connectivity index (χ0n) is 15.9. The van der Waals surface area contributed by atoms with Gasteiger partial charge in [-0.05, 0) is 37.9 Å². The molecule has 0 bridgehead atoms. The molecule has 9 heteroatoms. The van der Waals surface area contributed by atoms with E-state index >= 15 is 0 Å². The smallest absolute Gasteiger partial charge is 0.487 e. The fraction of sp³-hybridized carbons (Fsp3) is 0.579. The summed E-state index contributed by atoms with van der Waals surface area (Å²) in [5.41, 5.74) is 1.10. The number of hydrogen-bond acceptors (Lipinski definition) is 4. The number of carboxylic acid groups (broad SMARTS) is 1. The number of alkyl halides is 3. The van der Waals surface area contributed by atoms with E-state index in [1.807, 2.05) is 18.2 Å². The molecule has 1 spiro atoms. The van der Waals surface area contributed by atoms with E-state index in [0.717, 1.165) is 38.1 Å². The highest BCUT2D eigenvalue weighted by Crippen LogP contribution is 2.46. The van der Waals surface area contributed by atoms with Gasteiger partial charge < -0.3 is 20.1 Å². The number of nitrogens with zero attached hydrogens (tertiary/aromatic N) is 1. The molecule has 1 amide bonds. The number of ether oxygens (including phenoxy) is 1. The van der Waals surface area contributed by atoms with Crippen LogP contribution in [-0.2, 0) is 9.59 Å². The second kappa shape index (κ2) is 8.81. The summed E-state index contributed by atoms with van der Waals surface area (Å²) in [7, 11) is 3.87.